The third kappa shape index (κ3) is 2.17. The fourth-order valence-electron chi connectivity index (χ4n) is 2.03. The van der Waals surface area contributed by atoms with Crippen molar-refractivity contribution in [1.29, 1.82) is 0 Å². The molecule has 0 saturated heterocycles. The largest absolute Gasteiger partial charge is 0.469 e. The van der Waals surface area contributed by atoms with E-state index in [4.69, 9.17) is 16.6 Å². The van der Waals surface area contributed by atoms with Crippen LogP contribution >= 0.6 is 12.2 Å². The van der Waals surface area contributed by atoms with Gasteiger partial charge >= 0.3 is 0 Å². The molecule has 0 saturated carbocycles. The van der Waals surface area contributed by atoms with Crippen molar-refractivity contribution >= 4 is 12.2 Å². The third-order valence-corrected chi connectivity index (χ3v) is 3.16. The summed E-state index contributed by atoms with van der Waals surface area (Å²) < 4.78 is 5.96. The second-order valence-electron chi connectivity index (χ2n) is 4.47. The molecule has 2 aromatic rings. The zero-order valence-electron chi connectivity index (χ0n) is 10.5. The highest BCUT2D eigenvalue weighted by Gasteiger charge is 2.12. The first-order valence-electron chi connectivity index (χ1n) is 5.66. The fraction of sp³-hybridized carbons (Fsp3) is 0.385. The first kappa shape index (κ1) is 12.0. The van der Waals surface area contributed by atoms with Crippen LogP contribution in [0.5, 0.6) is 0 Å². The molecule has 17 heavy (non-hydrogen) atoms. The van der Waals surface area contributed by atoms with Crippen LogP contribution in [0.1, 0.15) is 36.8 Å². The van der Waals surface area contributed by atoms with Crippen molar-refractivity contribution in [1.82, 2.24) is 9.97 Å². The summed E-state index contributed by atoms with van der Waals surface area (Å²) in [6, 6.07) is 1.90. The van der Waals surface area contributed by atoms with Gasteiger partial charge in [0.25, 0.3) is 0 Å². The molecule has 0 atom stereocenters. The van der Waals surface area contributed by atoms with E-state index in [1.165, 1.54) is 0 Å². The standard InChI is InChI=1S/C13H16N2OS/c1-7(2)11-8(3)14-12(15-13(11)17)10-5-6-16-9(10)4/h5-7H,1-4H3,(H,14,15,17). The number of H-pyrrole nitrogens is 1. The van der Waals surface area contributed by atoms with Crippen molar-refractivity contribution in [2.24, 2.45) is 0 Å². The monoisotopic (exact) mass is 248 g/mol. The molecule has 0 bridgehead atoms. The summed E-state index contributed by atoms with van der Waals surface area (Å²) in [5, 5.41) is 0. The van der Waals surface area contributed by atoms with Crippen molar-refractivity contribution < 1.29 is 4.42 Å². The maximum atomic E-state index is 5.36. The van der Waals surface area contributed by atoms with Crippen LogP contribution in [0.4, 0.5) is 0 Å². The Morgan fingerprint density at radius 2 is 2.06 bits per heavy atom. The molecule has 1 N–H and O–H groups in total. The van der Waals surface area contributed by atoms with Crippen molar-refractivity contribution in [3.05, 3.63) is 34.0 Å². The topological polar surface area (TPSA) is 41.8 Å². The maximum Gasteiger partial charge on any atom is 0.142 e. The molecule has 2 heterocycles. The molecule has 0 aliphatic heterocycles. The van der Waals surface area contributed by atoms with E-state index >= 15 is 0 Å². The van der Waals surface area contributed by atoms with E-state index in [-0.39, 0.29) is 0 Å². The molecule has 90 valence electrons. The number of hydrogen-bond donors (Lipinski definition) is 1. The first-order chi connectivity index (χ1) is 8.00. The molecular formula is C13H16N2OS. The highest BCUT2D eigenvalue weighted by atomic mass is 32.1. The van der Waals surface area contributed by atoms with E-state index in [1.807, 2.05) is 19.9 Å². The molecule has 0 spiro atoms. The van der Waals surface area contributed by atoms with Crippen molar-refractivity contribution in [3.8, 4) is 11.4 Å². The summed E-state index contributed by atoms with van der Waals surface area (Å²) in [6.07, 6.45) is 1.66. The minimum absolute atomic E-state index is 0.380. The molecule has 0 amide bonds. The van der Waals surface area contributed by atoms with Gasteiger partial charge in [-0.3, -0.25) is 0 Å². The first-order valence-corrected chi connectivity index (χ1v) is 6.06. The van der Waals surface area contributed by atoms with Crippen LogP contribution in [0, 0.1) is 18.5 Å². The van der Waals surface area contributed by atoms with Gasteiger partial charge in [-0.2, -0.15) is 0 Å². The molecular weight excluding hydrogens is 232 g/mol. The van der Waals surface area contributed by atoms with Gasteiger partial charge in [-0.1, -0.05) is 26.1 Å². The number of aryl methyl sites for hydroxylation is 2. The lowest BCUT2D eigenvalue weighted by atomic mass is 10.0. The molecule has 3 nitrogen and oxygen atoms in total. The quantitative estimate of drug-likeness (QED) is 0.812. The van der Waals surface area contributed by atoms with Gasteiger partial charge in [0.05, 0.1) is 11.8 Å². The van der Waals surface area contributed by atoms with Gasteiger partial charge in [0.2, 0.25) is 0 Å². The summed E-state index contributed by atoms with van der Waals surface area (Å²) in [7, 11) is 0. The zero-order valence-corrected chi connectivity index (χ0v) is 11.3. The van der Waals surface area contributed by atoms with E-state index in [0.717, 1.165) is 28.4 Å². The second kappa shape index (κ2) is 4.45. The van der Waals surface area contributed by atoms with E-state index in [0.29, 0.717) is 10.6 Å². The molecule has 2 aromatic heterocycles. The number of aromatic amines is 1. The Kier molecular flexibility index (Phi) is 3.15. The molecule has 0 aromatic carbocycles. The second-order valence-corrected chi connectivity index (χ2v) is 4.86. The third-order valence-electron chi connectivity index (χ3n) is 2.84. The summed E-state index contributed by atoms with van der Waals surface area (Å²) >= 11 is 5.36. The highest BCUT2D eigenvalue weighted by molar-refractivity contribution is 7.71. The van der Waals surface area contributed by atoms with Gasteiger partial charge in [0.1, 0.15) is 16.2 Å². The molecule has 0 aliphatic rings. The summed E-state index contributed by atoms with van der Waals surface area (Å²) in [4.78, 5) is 7.76. The number of aromatic nitrogens is 2. The minimum atomic E-state index is 0.380. The Morgan fingerprint density at radius 1 is 1.35 bits per heavy atom. The van der Waals surface area contributed by atoms with Crippen LogP contribution in [-0.4, -0.2) is 9.97 Å². The molecule has 4 heteroatoms. The molecule has 0 unspecified atom stereocenters. The molecule has 0 radical (unpaired) electrons. The lowest BCUT2D eigenvalue weighted by Gasteiger charge is -2.11. The number of furan rings is 1. The lowest BCUT2D eigenvalue weighted by Crippen LogP contribution is -2.01. The van der Waals surface area contributed by atoms with Gasteiger partial charge in [-0.15, -0.1) is 0 Å². The highest BCUT2D eigenvalue weighted by Crippen LogP contribution is 2.24. The van der Waals surface area contributed by atoms with Crippen LogP contribution in [0.25, 0.3) is 11.4 Å². The smallest absolute Gasteiger partial charge is 0.142 e. The van der Waals surface area contributed by atoms with Crippen molar-refractivity contribution in [2.75, 3.05) is 0 Å². The van der Waals surface area contributed by atoms with Gasteiger partial charge in [0, 0.05) is 11.3 Å². The number of nitrogens with zero attached hydrogens (tertiary/aromatic N) is 1. The van der Waals surface area contributed by atoms with Crippen LogP contribution in [0.15, 0.2) is 16.7 Å². The summed E-state index contributed by atoms with van der Waals surface area (Å²) in [5.41, 5.74) is 3.16. The average molecular weight is 248 g/mol. The zero-order chi connectivity index (χ0) is 12.6. The fourth-order valence-corrected chi connectivity index (χ4v) is 2.51. The van der Waals surface area contributed by atoms with Gasteiger partial charge in [-0.25, -0.2) is 4.98 Å². The van der Waals surface area contributed by atoms with Crippen molar-refractivity contribution in [3.63, 3.8) is 0 Å². The Bertz CT molecular complexity index is 596. The Labute approximate surface area is 106 Å². The van der Waals surface area contributed by atoms with Crippen LogP contribution in [0.3, 0.4) is 0 Å². The molecule has 0 fully saturated rings. The average Bonchev–Trinajstić information content (AvgIpc) is 2.62. The predicted octanol–water partition coefficient (Wildman–Crippen LogP) is 4.14. The minimum Gasteiger partial charge on any atom is -0.469 e. The number of hydrogen-bond acceptors (Lipinski definition) is 3. The van der Waals surface area contributed by atoms with Crippen LogP contribution < -0.4 is 0 Å². The summed E-state index contributed by atoms with van der Waals surface area (Å²) in [6.45, 7) is 8.19. The summed E-state index contributed by atoms with van der Waals surface area (Å²) in [5.74, 6) is 2.01. The van der Waals surface area contributed by atoms with E-state index < -0.39 is 0 Å². The van der Waals surface area contributed by atoms with E-state index in [2.05, 4.69) is 23.8 Å². The maximum absolute atomic E-state index is 5.36. The van der Waals surface area contributed by atoms with Gasteiger partial charge < -0.3 is 9.40 Å². The Morgan fingerprint density at radius 3 is 2.53 bits per heavy atom. The SMILES string of the molecule is Cc1[nH]c(-c2ccoc2C)nc(=S)c1C(C)C. The number of nitrogens with one attached hydrogen (secondary N) is 1. The van der Waals surface area contributed by atoms with Crippen LogP contribution in [0.2, 0.25) is 0 Å². The lowest BCUT2D eigenvalue weighted by molar-refractivity contribution is 0.535. The number of rotatable bonds is 2. The Hall–Kier alpha value is -1.42. The molecule has 0 aliphatic carbocycles. The van der Waals surface area contributed by atoms with E-state index in [1.54, 1.807) is 6.26 Å². The van der Waals surface area contributed by atoms with Gasteiger partial charge in [0.15, 0.2) is 0 Å². The van der Waals surface area contributed by atoms with Crippen molar-refractivity contribution in [2.45, 2.75) is 33.6 Å². The normalized spacial score (nSPS) is 11.1. The molecule has 2 rings (SSSR count). The van der Waals surface area contributed by atoms with E-state index in [9.17, 15) is 0 Å². The Balaban J connectivity index is 2.61. The van der Waals surface area contributed by atoms with Crippen LogP contribution in [-0.2, 0) is 0 Å². The van der Waals surface area contributed by atoms with Gasteiger partial charge in [-0.05, 0) is 25.8 Å². The predicted molar refractivity (Wildman–Crippen MR) is 70.7 cm³/mol.